The fourth-order valence-electron chi connectivity index (χ4n) is 3.55. The van der Waals surface area contributed by atoms with Crippen LogP contribution < -0.4 is 4.80 Å². The molecule has 1 amide bonds. The molecule has 1 saturated heterocycles. The van der Waals surface area contributed by atoms with Gasteiger partial charge in [0.15, 0.2) is 4.80 Å². The fraction of sp³-hybridized carbons (Fsp3) is 0.300. The first-order valence-electron chi connectivity index (χ1n) is 9.36. The molecule has 0 bridgehead atoms. The lowest BCUT2D eigenvalue weighted by molar-refractivity contribution is -0.122. The van der Waals surface area contributed by atoms with Crippen molar-refractivity contribution in [2.75, 3.05) is 13.1 Å². The van der Waals surface area contributed by atoms with Crippen LogP contribution in [-0.4, -0.2) is 36.3 Å². The van der Waals surface area contributed by atoms with E-state index < -0.39 is 15.8 Å². The number of hydrogen-bond donors (Lipinski definition) is 0. The molecule has 0 N–H and O–H groups in total. The number of benzene rings is 2. The lowest BCUT2D eigenvalue weighted by atomic mass is 9.98. The van der Waals surface area contributed by atoms with E-state index in [-0.39, 0.29) is 29.8 Å². The molecule has 0 atom stereocenters. The number of carbonyl (C=O) groups is 1. The van der Waals surface area contributed by atoms with Gasteiger partial charge in [0.25, 0.3) is 5.91 Å². The van der Waals surface area contributed by atoms with E-state index in [9.17, 15) is 17.6 Å². The summed E-state index contributed by atoms with van der Waals surface area (Å²) in [6, 6.07) is 10.6. The molecule has 2 heterocycles. The van der Waals surface area contributed by atoms with Crippen LogP contribution in [0.3, 0.4) is 0 Å². The largest absolute Gasteiger partial charge is 0.318 e. The molecular weight excluding hydrogens is 493 g/mol. The molecule has 1 aliphatic rings. The molecule has 3 aromatic rings. The molecule has 4 rings (SSSR count). The quantitative estimate of drug-likeness (QED) is 0.538. The average molecular weight is 512 g/mol. The number of fused-ring (bicyclic) bond motifs is 1. The second kappa shape index (κ2) is 8.33. The molecule has 0 spiro atoms. The number of aryl methyl sites for hydroxylation is 1. The number of para-hydroxylation sites is 1. The van der Waals surface area contributed by atoms with Gasteiger partial charge < -0.3 is 4.57 Å². The van der Waals surface area contributed by atoms with Crippen LogP contribution in [0.2, 0.25) is 0 Å². The number of nitrogens with zero attached hydrogens (tertiary/aromatic N) is 3. The topological polar surface area (TPSA) is 71.7 Å². The number of sulfonamides is 1. The van der Waals surface area contributed by atoms with E-state index in [1.807, 2.05) is 29.8 Å². The Kier molecular flexibility index (Phi) is 5.93. The third-order valence-electron chi connectivity index (χ3n) is 5.23. The van der Waals surface area contributed by atoms with Crippen molar-refractivity contribution >= 4 is 53.4 Å². The Morgan fingerprint density at radius 3 is 2.47 bits per heavy atom. The minimum absolute atomic E-state index is 0.0567. The predicted molar refractivity (Wildman–Crippen MR) is 117 cm³/mol. The number of piperidine rings is 1. The van der Waals surface area contributed by atoms with E-state index in [2.05, 4.69) is 20.9 Å². The number of halogens is 2. The smallest absolute Gasteiger partial charge is 0.251 e. The van der Waals surface area contributed by atoms with Crippen molar-refractivity contribution in [3.05, 3.63) is 57.6 Å². The van der Waals surface area contributed by atoms with E-state index in [4.69, 9.17) is 0 Å². The first kappa shape index (κ1) is 21.4. The normalized spacial score (nSPS) is 17.0. The fourth-order valence-corrected chi connectivity index (χ4v) is 6.83. The van der Waals surface area contributed by atoms with E-state index in [0.717, 1.165) is 26.8 Å². The van der Waals surface area contributed by atoms with Crippen molar-refractivity contribution < 1.29 is 17.6 Å². The summed E-state index contributed by atoms with van der Waals surface area (Å²) in [6.45, 7) is 0.464. The van der Waals surface area contributed by atoms with Gasteiger partial charge in [-0.05, 0) is 65.2 Å². The van der Waals surface area contributed by atoms with Crippen LogP contribution in [0.4, 0.5) is 4.39 Å². The molecular formula is C20H19BrFN3O3S2. The molecule has 10 heteroatoms. The third kappa shape index (κ3) is 4.01. The summed E-state index contributed by atoms with van der Waals surface area (Å²) in [5.74, 6) is -1.04. The molecule has 30 heavy (non-hydrogen) atoms. The molecule has 158 valence electrons. The minimum Gasteiger partial charge on any atom is -0.318 e. The van der Waals surface area contributed by atoms with Gasteiger partial charge in [-0.2, -0.15) is 9.30 Å². The third-order valence-corrected chi connectivity index (χ3v) is 8.88. The van der Waals surface area contributed by atoms with Crippen LogP contribution in [0.5, 0.6) is 0 Å². The highest BCUT2D eigenvalue weighted by molar-refractivity contribution is 9.10. The summed E-state index contributed by atoms with van der Waals surface area (Å²) in [7, 11) is -1.83. The highest BCUT2D eigenvalue weighted by atomic mass is 79.9. The number of hydrogen-bond acceptors (Lipinski definition) is 4. The molecule has 0 aliphatic carbocycles. The molecule has 1 aliphatic heterocycles. The average Bonchev–Trinajstić information content (AvgIpc) is 3.05. The van der Waals surface area contributed by atoms with Crippen molar-refractivity contribution in [1.29, 1.82) is 0 Å². The van der Waals surface area contributed by atoms with E-state index >= 15 is 0 Å². The zero-order chi connectivity index (χ0) is 21.5. The SMILES string of the molecule is Cn1c(=NC(=O)C2CCN(S(=O)(=O)c3ccc(F)cc3)CC2)sc2cccc(Br)c21. The first-order chi connectivity index (χ1) is 14.3. The summed E-state index contributed by atoms with van der Waals surface area (Å²) in [6.07, 6.45) is 0.808. The lowest BCUT2D eigenvalue weighted by Crippen LogP contribution is -2.40. The van der Waals surface area contributed by atoms with E-state index in [1.54, 1.807) is 0 Å². The molecule has 0 unspecified atom stereocenters. The van der Waals surface area contributed by atoms with Gasteiger partial charge in [0, 0.05) is 30.5 Å². The van der Waals surface area contributed by atoms with Crippen molar-refractivity contribution in [3.8, 4) is 0 Å². The Morgan fingerprint density at radius 1 is 1.17 bits per heavy atom. The monoisotopic (exact) mass is 511 g/mol. The first-order valence-corrected chi connectivity index (χ1v) is 12.4. The number of carbonyl (C=O) groups excluding carboxylic acids is 1. The number of amides is 1. The van der Waals surface area contributed by atoms with E-state index in [1.165, 1.54) is 27.8 Å². The maximum atomic E-state index is 13.1. The van der Waals surface area contributed by atoms with Crippen molar-refractivity contribution in [2.45, 2.75) is 17.7 Å². The van der Waals surface area contributed by atoms with Gasteiger partial charge in [-0.15, -0.1) is 0 Å². The summed E-state index contributed by atoms with van der Waals surface area (Å²) in [5.41, 5.74) is 0.981. The summed E-state index contributed by atoms with van der Waals surface area (Å²) in [5, 5.41) is 0. The zero-order valence-electron chi connectivity index (χ0n) is 16.1. The zero-order valence-corrected chi connectivity index (χ0v) is 19.3. The molecule has 6 nitrogen and oxygen atoms in total. The Labute approximate surface area is 185 Å². The number of rotatable bonds is 3. The predicted octanol–water partition coefficient (Wildman–Crippen LogP) is 3.67. The second-order valence-electron chi connectivity index (χ2n) is 7.11. The van der Waals surface area contributed by atoms with Crippen LogP contribution in [0, 0.1) is 11.7 Å². The maximum Gasteiger partial charge on any atom is 0.251 e. The lowest BCUT2D eigenvalue weighted by Gasteiger charge is -2.29. The summed E-state index contributed by atoms with van der Waals surface area (Å²) in [4.78, 5) is 17.7. The number of aromatic nitrogens is 1. The van der Waals surface area contributed by atoms with Gasteiger partial charge in [0.05, 0.1) is 15.1 Å². The van der Waals surface area contributed by atoms with Gasteiger partial charge >= 0.3 is 0 Å². The molecule has 1 fully saturated rings. The van der Waals surface area contributed by atoms with Crippen molar-refractivity contribution in [3.63, 3.8) is 0 Å². The molecule has 0 saturated carbocycles. The van der Waals surface area contributed by atoms with E-state index in [0.29, 0.717) is 17.6 Å². The van der Waals surface area contributed by atoms with Crippen LogP contribution in [0.15, 0.2) is 56.8 Å². The van der Waals surface area contributed by atoms with Crippen LogP contribution in [0.1, 0.15) is 12.8 Å². The van der Waals surface area contributed by atoms with Crippen molar-refractivity contribution in [1.82, 2.24) is 8.87 Å². The summed E-state index contributed by atoms with van der Waals surface area (Å²) >= 11 is 4.97. The minimum atomic E-state index is -3.70. The van der Waals surface area contributed by atoms with Gasteiger partial charge in [-0.25, -0.2) is 12.8 Å². The van der Waals surface area contributed by atoms with Gasteiger partial charge in [0.2, 0.25) is 10.0 Å². The second-order valence-corrected chi connectivity index (χ2v) is 10.9. The number of thiazole rings is 1. The van der Waals surface area contributed by atoms with Gasteiger partial charge in [-0.1, -0.05) is 17.4 Å². The van der Waals surface area contributed by atoms with Crippen LogP contribution in [0.25, 0.3) is 10.2 Å². The molecule has 2 aromatic carbocycles. The standard InChI is InChI=1S/C20H19BrFN3O3S2/c1-24-18-16(21)3-2-4-17(18)29-20(24)23-19(26)13-9-11-25(12-10-13)30(27,28)15-7-5-14(22)6-8-15/h2-8,13H,9-12H2,1H3. The Balaban J connectivity index is 1.50. The Hall–Kier alpha value is -1.88. The highest BCUT2D eigenvalue weighted by Crippen LogP contribution is 2.26. The Morgan fingerprint density at radius 2 is 1.83 bits per heavy atom. The Bertz CT molecular complexity index is 1270. The maximum absolute atomic E-state index is 13.1. The molecule has 0 radical (unpaired) electrons. The molecule has 1 aromatic heterocycles. The highest BCUT2D eigenvalue weighted by Gasteiger charge is 2.32. The van der Waals surface area contributed by atoms with Crippen molar-refractivity contribution in [2.24, 2.45) is 18.0 Å². The van der Waals surface area contributed by atoms with Crippen LogP contribution in [-0.2, 0) is 21.9 Å². The van der Waals surface area contributed by atoms with Gasteiger partial charge in [-0.3, -0.25) is 4.79 Å². The van der Waals surface area contributed by atoms with Crippen LogP contribution >= 0.6 is 27.3 Å². The summed E-state index contributed by atoms with van der Waals surface area (Å²) < 4.78 is 43.8. The van der Waals surface area contributed by atoms with Gasteiger partial charge in [0.1, 0.15) is 5.82 Å².